The molecule has 4 fully saturated rings. The van der Waals surface area contributed by atoms with Crippen LogP contribution in [0.3, 0.4) is 0 Å². The van der Waals surface area contributed by atoms with Crippen LogP contribution < -0.4 is 0 Å². The average Bonchev–Trinajstić information content (AvgIpc) is 2.85. The molecule has 0 saturated heterocycles. The Labute approximate surface area is 151 Å². The number of fused-ring (bicyclic) bond motifs is 5. The summed E-state index contributed by atoms with van der Waals surface area (Å²) in [6.45, 7) is 6.22. The third-order valence-electron chi connectivity index (χ3n) is 9.08. The molecule has 0 aliphatic heterocycles. The number of hydrogen-bond donors (Lipinski definition) is 3. The number of rotatable bonds is 1. The number of ketones is 1. The molecule has 0 spiro atoms. The summed E-state index contributed by atoms with van der Waals surface area (Å²) >= 11 is 0. The van der Waals surface area contributed by atoms with Crippen molar-refractivity contribution in [2.45, 2.75) is 84.0 Å². The number of aliphatic hydroxyl groups excluding tert-OH is 3. The van der Waals surface area contributed by atoms with Gasteiger partial charge in [-0.2, -0.15) is 0 Å². The highest BCUT2D eigenvalue weighted by molar-refractivity contribution is 5.84. The van der Waals surface area contributed by atoms with E-state index in [2.05, 4.69) is 13.8 Å². The number of Topliss-reactive ketones (excluding diaryl/α,β-unsaturated/α-hetero) is 1. The maximum absolute atomic E-state index is 13.4. The molecular weight excluding hydrogens is 316 g/mol. The van der Waals surface area contributed by atoms with Crippen LogP contribution in [0.1, 0.15) is 65.7 Å². The molecular formula is C21H34O4. The lowest BCUT2D eigenvalue weighted by molar-refractivity contribution is -0.188. The summed E-state index contributed by atoms with van der Waals surface area (Å²) in [7, 11) is 0. The van der Waals surface area contributed by atoms with Gasteiger partial charge in [-0.3, -0.25) is 4.79 Å². The molecule has 3 N–H and O–H groups in total. The molecule has 25 heavy (non-hydrogen) atoms. The molecule has 4 heteroatoms. The van der Waals surface area contributed by atoms with Crippen LogP contribution >= 0.6 is 0 Å². The van der Waals surface area contributed by atoms with Crippen LogP contribution in [0.25, 0.3) is 0 Å². The monoisotopic (exact) mass is 350 g/mol. The normalized spacial score (nSPS) is 56.7. The molecule has 4 rings (SSSR count). The van der Waals surface area contributed by atoms with Gasteiger partial charge in [0, 0.05) is 17.8 Å². The van der Waals surface area contributed by atoms with Crippen molar-refractivity contribution in [1.82, 2.24) is 0 Å². The van der Waals surface area contributed by atoms with E-state index in [0.29, 0.717) is 30.5 Å². The van der Waals surface area contributed by atoms with Gasteiger partial charge in [0.2, 0.25) is 0 Å². The minimum absolute atomic E-state index is 0.0698. The topological polar surface area (TPSA) is 77.8 Å². The zero-order valence-corrected chi connectivity index (χ0v) is 15.8. The van der Waals surface area contributed by atoms with Crippen molar-refractivity contribution in [2.75, 3.05) is 0 Å². The molecule has 4 saturated carbocycles. The molecule has 10 unspecified atom stereocenters. The van der Waals surface area contributed by atoms with Crippen molar-refractivity contribution >= 4 is 5.78 Å². The summed E-state index contributed by atoms with van der Waals surface area (Å²) in [4.78, 5) is 13.4. The smallest absolute Gasteiger partial charge is 0.137 e. The maximum Gasteiger partial charge on any atom is 0.137 e. The fraction of sp³-hybridized carbons (Fsp3) is 0.952. The molecule has 4 aliphatic carbocycles. The Kier molecular flexibility index (Phi) is 4.14. The Bertz CT molecular complexity index is 560. The third-order valence-corrected chi connectivity index (χ3v) is 9.08. The molecule has 0 bridgehead atoms. The van der Waals surface area contributed by atoms with Gasteiger partial charge in [0.25, 0.3) is 0 Å². The zero-order valence-electron chi connectivity index (χ0n) is 15.8. The fourth-order valence-electron chi connectivity index (χ4n) is 7.93. The third kappa shape index (κ3) is 2.33. The first-order valence-corrected chi connectivity index (χ1v) is 10.3. The first kappa shape index (κ1) is 17.9. The van der Waals surface area contributed by atoms with E-state index in [1.54, 1.807) is 0 Å². The molecule has 4 aliphatic rings. The first-order chi connectivity index (χ1) is 11.7. The van der Waals surface area contributed by atoms with Crippen molar-refractivity contribution in [3.05, 3.63) is 0 Å². The van der Waals surface area contributed by atoms with Crippen LogP contribution in [-0.2, 0) is 4.79 Å². The standard InChI is InChI=1S/C21H34O4/c1-11(22)15-6-7-16-14-5-4-12-8-13(23)9-18(25)21(12,3)19(14)17(24)10-20(15,16)2/h11-16,18-19,22-23,25H,4-10H2,1-3H3. The van der Waals surface area contributed by atoms with E-state index in [0.717, 1.165) is 32.1 Å². The minimum Gasteiger partial charge on any atom is -0.393 e. The summed E-state index contributed by atoms with van der Waals surface area (Å²) in [5, 5.41) is 31.3. The lowest BCUT2D eigenvalue weighted by atomic mass is 9.43. The van der Waals surface area contributed by atoms with Gasteiger partial charge in [-0.25, -0.2) is 0 Å². The number of aliphatic hydroxyl groups is 3. The molecule has 4 nitrogen and oxygen atoms in total. The zero-order chi connectivity index (χ0) is 18.1. The average molecular weight is 350 g/mol. The van der Waals surface area contributed by atoms with Gasteiger partial charge in [-0.1, -0.05) is 13.8 Å². The van der Waals surface area contributed by atoms with Crippen LogP contribution in [0.5, 0.6) is 0 Å². The molecule has 0 aromatic heterocycles. The van der Waals surface area contributed by atoms with Crippen LogP contribution in [0.2, 0.25) is 0 Å². The van der Waals surface area contributed by atoms with E-state index in [9.17, 15) is 20.1 Å². The SMILES string of the molecule is CC(O)C1CCC2C3CCC4CC(O)CC(O)C4(C)C3C(=O)CC12C. The lowest BCUT2D eigenvalue weighted by Crippen LogP contribution is -2.62. The van der Waals surface area contributed by atoms with Crippen LogP contribution in [0, 0.1) is 40.4 Å². The van der Waals surface area contributed by atoms with Crippen molar-refractivity contribution in [3.8, 4) is 0 Å². The van der Waals surface area contributed by atoms with Crippen LogP contribution in [-0.4, -0.2) is 39.4 Å². The van der Waals surface area contributed by atoms with E-state index in [4.69, 9.17) is 0 Å². The molecule has 0 heterocycles. The highest BCUT2D eigenvalue weighted by Crippen LogP contribution is 2.66. The number of carbonyl (C=O) groups excluding carboxylic acids is 1. The van der Waals surface area contributed by atoms with Gasteiger partial charge in [0.05, 0.1) is 18.3 Å². The van der Waals surface area contributed by atoms with Crippen molar-refractivity contribution in [3.63, 3.8) is 0 Å². The summed E-state index contributed by atoms with van der Waals surface area (Å²) in [5.74, 6) is 1.51. The van der Waals surface area contributed by atoms with E-state index >= 15 is 0 Å². The van der Waals surface area contributed by atoms with E-state index in [1.807, 2.05) is 6.92 Å². The Morgan fingerprint density at radius 2 is 1.80 bits per heavy atom. The Morgan fingerprint density at radius 3 is 2.48 bits per heavy atom. The van der Waals surface area contributed by atoms with Crippen LogP contribution in [0.15, 0.2) is 0 Å². The summed E-state index contributed by atoms with van der Waals surface area (Å²) in [5.41, 5.74) is -0.474. The number of hydrogen-bond acceptors (Lipinski definition) is 4. The van der Waals surface area contributed by atoms with Crippen molar-refractivity contribution < 1.29 is 20.1 Å². The first-order valence-electron chi connectivity index (χ1n) is 10.3. The largest absolute Gasteiger partial charge is 0.393 e. The van der Waals surface area contributed by atoms with E-state index < -0.39 is 12.2 Å². The van der Waals surface area contributed by atoms with Crippen molar-refractivity contribution in [2.24, 2.45) is 40.4 Å². The summed E-state index contributed by atoms with van der Waals surface area (Å²) in [6.07, 6.45) is 4.44. The minimum atomic E-state index is -0.587. The predicted octanol–water partition coefficient (Wildman–Crippen LogP) is 2.54. The fourth-order valence-corrected chi connectivity index (χ4v) is 7.93. The highest BCUT2D eigenvalue weighted by Gasteiger charge is 2.65. The second kappa shape index (κ2) is 5.77. The maximum atomic E-state index is 13.4. The second-order valence-corrected chi connectivity index (χ2v) is 10.1. The van der Waals surface area contributed by atoms with E-state index in [1.165, 1.54) is 0 Å². The second-order valence-electron chi connectivity index (χ2n) is 10.1. The highest BCUT2D eigenvalue weighted by atomic mass is 16.3. The Hall–Kier alpha value is -0.450. The number of carbonyl (C=O) groups is 1. The van der Waals surface area contributed by atoms with Gasteiger partial charge in [0.15, 0.2) is 0 Å². The Balaban J connectivity index is 1.70. The quantitative estimate of drug-likeness (QED) is 0.679. The lowest BCUT2D eigenvalue weighted by Gasteiger charge is -2.61. The van der Waals surface area contributed by atoms with Gasteiger partial charge in [-0.15, -0.1) is 0 Å². The van der Waals surface area contributed by atoms with Gasteiger partial charge >= 0.3 is 0 Å². The van der Waals surface area contributed by atoms with Crippen LogP contribution in [0.4, 0.5) is 0 Å². The predicted molar refractivity (Wildman–Crippen MR) is 94.7 cm³/mol. The van der Waals surface area contributed by atoms with E-state index in [-0.39, 0.29) is 34.7 Å². The molecule has 0 aromatic carbocycles. The summed E-state index contributed by atoms with van der Waals surface area (Å²) < 4.78 is 0. The molecule has 142 valence electrons. The molecule has 0 aromatic rings. The van der Waals surface area contributed by atoms with Gasteiger partial charge in [0.1, 0.15) is 5.78 Å². The summed E-state index contributed by atoms with van der Waals surface area (Å²) in [6, 6.07) is 0. The molecule has 10 atom stereocenters. The van der Waals surface area contributed by atoms with Gasteiger partial charge in [-0.05, 0) is 74.5 Å². The van der Waals surface area contributed by atoms with Crippen molar-refractivity contribution in [1.29, 1.82) is 0 Å². The Morgan fingerprint density at radius 1 is 1.08 bits per heavy atom. The molecule has 0 radical (unpaired) electrons. The van der Waals surface area contributed by atoms with Gasteiger partial charge < -0.3 is 15.3 Å². The molecule has 0 amide bonds.